The van der Waals surface area contributed by atoms with E-state index in [4.69, 9.17) is 18.4 Å². The zero-order valence-corrected chi connectivity index (χ0v) is 17.0. The standard InChI is InChI=1S/C19H30O7S/c1-3-4-5-6-19(20)25-15-13-23-11-12-24-14-16-26-27(21,22)18-9-7-17(2)8-10-18/h7-10H,3-6,11-16H2,1-2H3. The van der Waals surface area contributed by atoms with Crippen LogP contribution in [0.3, 0.4) is 0 Å². The first-order valence-corrected chi connectivity index (χ1v) is 10.6. The average molecular weight is 403 g/mol. The number of carbonyl (C=O) groups excluding carboxylic acids is 1. The summed E-state index contributed by atoms with van der Waals surface area (Å²) >= 11 is 0. The molecule has 27 heavy (non-hydrogen) atoms. The summed E-state index contributed by atoms with van der Waals surface area (Å²) in [5.74, 6) is -0.199. The molecule has 7 nitrogen and oxygen atoms in total. The molecule has 0 aliphatic rings. The van der Waals surface area contributed by atoms with Crippen LogP contribution in [-0.4, -0.2) is 54.0 Å². The Balaban J connectivity index is 1.98. The third-order valence-corrected chi connectivity index (χ3v) is 4.95. The maximum absolute atomic E-state index is 11.9. The maximum atomic E-state index is 11.9. The number of ether oxygens (including phenoxy) is 3. The van der Waals surface area contributed by atoms with E-state index in [9.17, 15) is 13.2 Å². The minimum Gasteiger partial charge on any atom is -0.463 e. The first kappa shape index (κ1) is 23.6. The lowest BCUT2D eigenvalue weighted by molar-refractivity contribution is -0.145. The van der Waals surface area contributed by atoms with E-state index in [0.717, 1.165) is 24.8 Å². The molecule has 0 saturated carbocycles. The first-order valence-electron chi connectivity index (χ1n) is 9.23. The van der Waals surface area contributed by atoms with Gasteiger partial charge >= 0.3 is 5.97 Å². The van der Waals surface area contributed by atoms with Crippen molar-refractivity contribution in [2.75, 3.05) is 39.6 Å². The van der Waals surface area contributed by atoms with E-state index in [-0.39, 0.29) is 30.7 Å². The Hall–Kier alpha value is -1.48. The molecule has 0 heterocycles. The summed E-state index contributed by atoms with van der Waals surface area (Å²) in [4.78, 5) is 11.5. The number of esters is 1. The second-order valence-electron chi connectivity index (χ2n) is 5.99. The van der Waals surface area contributed by atoms with Crippen LogP contribution < -0.4 is 0 Å². The second kappa shape index (κ2) is 13.7. The van der Waals surface area contributed by atoms with Gasteiger partial charge in [-0.3, -0.25) is 8.98 Å². The van der Waals surface area contributed by atoms with Gasteiger partial charge in [0.2, 0.25) is 0 Å². The first-order chi connectivity index (χ1) is 13.0. The number of hydrogen-bond donors (Lipinski definition) is 0. The Morgan fingerprint density at radius 1 is 0.889 bits per heavy atom. The number of hydrogen-bond acceptors (Lipinski definition) is 7. The molecule has 0 spiro atoms. The lowest BCUT2D eigenvalue weighted by atomic mass is 10.2. The third kappa shape index (κ3) is 11.1. The zero-order valence-electron chi connectivity index (χ0n) is 16.1. The molecular formula is C19H30O7S. The highest BCUT2D eigenvalue weighted by atomic mass is 32.2. The lowest BCUT2D eigenvalue weighted by Crippen LogP contribution is -2.15. The molecule has 8 heteroatoms. The van der Waals surface area contributed by atoms with Crippen molar-refractivity contribution >= 4 is 16.1 Å². The van der Waals surface area contributed by atoms with Crippen molar-refractivity contribution in [3.05, 3.63) is 29.8 Å². The highest BCUT2D eigenvalue weighted by molar-refractivity contribution is 7.86. The topological polar surface area (TPSA) is 88.1 Å². The molecule has 0 aliphatic carbocycles. The Labute approximate surface area is 162 Å². The van der Waals surface area contributed by atoms with Gasteiger partial charge in [-0.05, 0) is 25.5 Å². The fourth-order valence-electron chi connectivity index (χ4n) is 2.10. The summed E-state index contributed by atoms with van der Waals surface area (Å²) < 4.78 is 44.4. The van der Waals surface area contributed by atoms with Gasteiger partial charge in [-0.25, -0.2) is 0 Å². The predicted molar refractivity (Wildman–Crippen MR) is 101 cm³/mol. The van der Waals surface area contributed by atoms with Crippen molar-refractivity contribution in [3.63, 3.8) is 0 Å². The molecule has 1 rings (SSSR count). The summed E-state index contributed by atoms with van der Waals surface area (Å²) in [6.45, 7) is 5.20. The van der Waals surface area contributed by atoms with Crippen LogP contribution in [0, 0.1) is 6.92 Å². The van der Waals surface area contributed by atoms with E-state index >= 15 is 0 Å². The van der Waals surface area contributed by atoms with Crippen LogP contribution in [0.15, 0.2) is 29.2 Å². The van der Waals surface area contributed by atoms with Crippen LogP contribution in [0.25, 0.3) is 0 Å². The van der Waals surface area contributed by atoms with E-state index in [1.165, 1.54) is 12.1 Å². The van der Waals surface area contributed by atoms with Crippen molar-refractivity contribution in [1.82, 2.24) is 0 Å². The van der Waals surface area contributed by atoms with Crippen LogP contribution in [0.4, 0.5) is 0 Å². The third-order valence-electron chi connectivity index (χ3n) is 3.62. The molecule has 0 aliphatic heterocycles. The molecule has 0 saturated heterocycles. The highest BCUT2D eigenvalue weighted by Crippen LogP contribution is 2.12. The second-order valence-corrected chi connectivity index (χ2v) is 7.61. The van der Waals surface area contributed by atoms with E-state index in [1.807, 2.05) is 6.92 Å². The fourth-order valence-corrected chi connectivity index (χ4v) is 3.00. The molecule has 0 radical (unpaired) electrons. The van der Waals surface area contributed by atoms with E-state index < -0.39 is 10.1 Å². The van der Waals surface area contributed by atoms with E-state index in [2.05, 4.69) is 6.92 Å². The molecule has 0 atom stereocenters. The summed E-state index contributed by atoms with van der Waals surface area (Å²) in [6, 6.07) is 6.45. The fraction of sp³-hybridized carbons (Fsp3) is 0.632. The molecule has 0 bridgehead atoms. The molecule has 0 amide bonds. The molecule has 1 aromatic carbocycles. The van der Waals surface area contributed by atoms with Crippen LogP contribution >= 0.6 is 0 Å². The molecular weight excluding hydrogens is 372 g/mol. The van der Waals surface area contributed by atoms with Gasteiger partial charge in [0.1, 0.15) is 6.61 Å². The van der Waals surface area contributed by atoms with Crippen LogP contribution in [0.2, 0.25) is 0 Å². The summed E-state index contributed by atoms with van der Waals surface area (Å²) in [6.07, 6.45) is 3.40. The van der Waals surface area contributed by atoms with Gasteiger partial charge in [0.25, 0.3) is 10.1 Å². The van der Waals surface area contributed by atoms with Crippen LogP contribution in [0.1, 0.15) is 38.2 Å². The van der Waals surface area contributed by atoms with E-state index in [1.54, 1.807) is 12.1 Å². The van der Waals surface area contributed by atoms with Crippen molar-refractivity contribution in [3.8, 4) is 0 Å². The largest absolute Gasteiger partial charge is 0.463 e. The SMILES string of the molecule is CCCCCC(=O)OCCOCCOCCOS(=O)(=O)c1ccc(C)cc1. The van der Waals surface area contributed by atoms with Gasteiger partial charge in [-0.1, -0.05) is 37.5 Å². The Morgan fingerprint density at radius 2 is 1.48 bits per heavy atom. The van der Waals surface area contributed by atoms with Gasteiger partial charge in [0.05, 0.1) is 37.9 Å². The normalized spacial score (nSPS) is 11.5. The average Bonchev–Trinajstić information content (AvgIpc) is 2.64. The number of unbranched alkanes of at least 4 members (excludes halogenated alkanes) is 2. The van der Waals surface area contributed by atoms with Crippen molar-refractivity contribution in [2.24, 2.45) is 0 Å². The molecule has 1 aromatic rings. The summed E-state index contributed by atoms with van der Waals surface area (Å²) in [7, 11) is -3.76. The van der Waals surface area contributed by atoms with Crippen molar-refractivity contribution in [1.29, 1.82) is 0 Å². The van der Waals surface area contributed by atoms with Gasteiger partial charge < -0.3 is 14.2 Å². The smallest absolute Gasteiger partial charge is 0.305 e. The molecule has 0 N–H and O–H groups in total. The molecule has 0 unspecified atom stereocenters. The van der Waals surface area contributed by atoms with Gasteiger partial charge in [0, 0.05) is 6.42 Å². The molecule has 154 valence electrons. The van der Waals surface area contributed by atoms with Gasteiger partial charge in [-0.2, -0.15) is 8.42 Å². The number of benzene rings is 1. The van der Waals surface area contributed by atoms with Gasteiger partial charge in [-0.15, -0.1) is 0 Å². The number of rotatable bonds is 15. The summed E-state index contributed by atoms with van der Waals surface area (Å²) in [5.41, 5.74) is 0.976. The Morgan fingerprint density at radius 3 is 2.11 bits per heavy atom. The molecule has 0 fully saturated rings. The van der Waals surface area contributed by atoms with Crippen molar-refractivity contribution < 1.29 is 31.6 Å². The number of aryl methyl sites for hydroxylation is 1. The Bertz CT molecular complexity index is 626. The van der Waals surface area contributed by atoms with Crippen molar-refractivity contribution in [2.45, 2.75) is 44.4 Å². The number of carbonyl (C=O) groups is 1. The highest BCUT2D eigenvalue weighted by Gasteiger charge is 2.14. The molecule has 0 aromatic heterocycles. The Kier molecular flexibility index (Phi) is 11.9. The summed E-state index contributed by atoms with van der Waals surface area (Å²) in [5, 5.41) is 0. The van der Waals surface area contributed by atoms with Crippen LogP contribution in [0.5, 0.6) is 0 Å². The minimum atomic E-state index is -3.76. The maximum Gasteiger partial charge on any atom is 0.305 e. The van der Waals surface area contributed by atoms with Gasteiger partial charge in [0.15, 0.2) is 0 Å². The van der Waals surface area contributed by atoms with E-state index in [0.29, 0.717) is 26.2 Å². The predicted octanol–water partition coefficient (Wildman–Crippen LogP) is 2.86. The monoisotopic (exact) mass is 402 g/mol. The minimum absolute atomic E-state index is 0.0639. The quantitative estimate of drug-likeness (QED) is 0.253. The lowest BCUT2D eigenvalue weighted by Gasteiger charge is -2.08. The van der Waals surface area contributed by atoms with Crippen LogP contribution in [-0.2, 0) is 33.3 Å². The zero-order chi connectivity index (χ0) is 20.0.